The molecule has 37 heavy (non-hydrogen) atoms. The van der Waals surface area contributed by atoms with Crippen LogP contribution >= 0.6 is 0 Å². The molecule has 0 aliphatic carbocycles. The molecule has 8 heteroatoms. The molecule has 3 amide bonds. The molecule has 2 rings (SSSR count). The summed E-state index contributed by atoms with van der Waals surface area (Å²) in [7, 11) is 0. The van der Waals surface area contributed by atoms with Gasteiger partial charge in [-0.15, -0.1) is 0 Å². The molecular formula is C29H40N3O5. The fourth-order valence-corrected chi connectivity index (χ4v) is 3.83. The predicted octanol–water partition coefficient (Wildman–Crippen LogP) is 4.22. The molecule has 0 saturated heterocycles. The summed E-state index contributed by atoms with van der Waals surface area (Å²) >= 11 is 0. The lowest BCUT2D eigenvalue weighted by atomic mass is 10.0. The van der Waals surface area contributed by atoms with Gasteiger partial charge in [0.25, 0.3) is 0 Å². The highest BCUT2D eigenvalue weighted by molar-refractivity contribution is 5.78. The third kappa shape index (κ3) is 11.5. The van der Waals surface area contributed by atoms with Crippen LogP contribution in [0.5, 0.6) is 0 Å². The van der Waals surface area contributed by atoms with Gasteiger partial charge < -0.3 is 25.4 Å². The summed E-state index contributed by atoms with van der Waals surface area (Å²) in [6.45, 7) is 9.33. The lowest BCUT2D eigenvalue weighted by Gasteiger charge is -2.31. The quantitative estimate of drug-likeness (QED) is 0.396. The molecule has 0 fully saturated rings. The van der Waals surface area contributed by atoms with E-state index in [1.165, 1.54) is 4.90 Å². The van der Waals surface area contributed by atoms with Gasteiger partial charge in [0.1, 0.15) is 5.60 Å². The molecule has 201 valence electrons. The second-order valence-electron chi connectivity index (χ2n) is 10.6. The van der Waals surface area contributed by atoms with E-state index in [2.05, 4.69) is 10.6 Å². The van der Waals surface area contributed by atoms with Crippen molar-refractivity contribution in [2.45, 2.75) is 77.8 Å². The fraction of sp³-hybridized carbons (Fsp3) is 0.483. The van der Waals surface area contributed by atoms with E-state index in [1.807, 2.05) is 80.8 Å². The van der Waals surface area contributed by atoms with Crippen molar-refractivity contribution in [3.05, 3.63) is 71.8 Å². The Hall–Kier alpha value is -3.39. The zero-order chi connectivity index (χ0) is 27.4. The van der Waals surface area contributed by atoms with Crippen molar-refractivity contribution >= 4 is 18.4 Å². The summed E-state index contributed by atoms with van der Waals surface area (Å²) in [5, 5.41) is 16.8. The van der Waals surface area contributed by atoms with Crippen molar-refractivity contribution in [3.8, 4) is 0 Å². The number of benzene rings is 2. The number of alkyl carbamates (subject to hydrolysis) is 1. The van der Waals surface area contributed by atoms with Crippen LogP contribution < -0.4 is 10.6 Å². The summed E-state index contributed by atoms with van der Waals surface area (Å²) in [6, 6.07) is 16.8. The third-order valence-electron chi connectivity index (χ3n) is 5.52. The maximum absolute atomic E-state index is 13.2. The van der Waals surface area contributed by atoms with Crippen molar-refractivity contribution in [1.29, 1.82) is 0 Å². The normalized spacial score (nSPS) is 13.8. The van der Waals surface area contributed by atoms with Gasteiger partial charge >= 0.3 is 12.1 Å². The number of urea groups is 1. The average molecular weight is 511 g/mol. The van der Waals surface area contributed by atoms with Gasteiger partial charge in [-0.2, -0.15) is 0 Å². The van der Waals surface area contributed by atoms with Crippen LogP contribution in [0, 0.1) is 5.92 Å². The lowest BCUT2D eigenvalue weighted by Crippen LogP contribution is -2.53. The number of nitrogens with one attached hydrogen (secondary N) is 2. The Morgan fingerprint density at radius 1 is 0.973 bits per heavy atom. The first-order valence-electron chi connectivity index (χ1n) is 12.7. The van der Waals surface area contributed by atoms with Gasteiger partial charge in [-0.05, 0) is 50.7 Å². The standard InChI is InChI=1S/C29H40N3O5/c1-21(2)16-24(20-33)30-27(35)32(18-23-14-10-7-11-15-23)19-26(34)25(17-22-12-8-6-9-13-22)31-28(36)37-29(3,4)5/h6-15,21,24-26,34H,16-19H2,1-5H3,(H,30,35)(H,31,36)/t24-,25?,26?/m0/s1. The number of aliphatic hydroxyl groups is 1. The van der Waals surface area contributed by atoms with E-state index in [9.17, 15) is 19.5 Å². The van der Waals surface area contributed by atoms with Crippen molar-refractivity contribution in [2.75, 3.05) is 6.54 Å². The van der Waals surface area contributed by atoms with E-state index in [0.717, 1.165) is 11.1 Å². The Labute approximate surface area is 220 Å². The first kappa shape index (κ1) is 29.8. The number of hydrogen-bond donors (Lipinski definition) is 3. The first-order valence-corrected chi connectivity index (χ1v) is 12.7. The van der Waals surface area contributed by atoms with Gasteiger partial charge in [0.05, 0.1) is 24.7 Å². The number of rotatable bonds is 12. The van der Waals surface area contributed by atoms with Gasteiger partial charge in [0.15, 0.2) is 0 Å². The summed E-state index contributed by atoms with van der Waals surface area (Å²) in [5.41, 5.74) is 1.07. The van der Waals surface area contributed by atoms with E-state index in [-0.39, 0.29) is 19.0 Å². The van der Waals surface area contributed by atoms with E-state index < -0.39 is 35.9 Å². The van der Waals surface area contributed by atoms with E-state index >= 15 is 0 Å². The minimum absolute atomic E-state index is 0.0821. The number of amides is 3. The highest BCUT2D eigenvalue weighted by Gasteiger charge is 2.29. The molecule has 2 aromatic carbocycles. The number of carbonyl (C=O) groups is 2. The number of carbonyl (C=O) groups excluding carboxylic acids is 3. The SMILES string of the molecule is CC(C)C[C@@H]([C]=O)NC(=O)N(Cc1ccccc1)CC(O)C(Cc1ccccc1)NC(=O)OC(C)(C)C. The molecule has 0 aromatic heterocycles. The zero-order valence-corrected chi connectivity index (χ0v) is 22.4. The molecule has 0 aliphatic heterocycles. The maximum atomic E-state index is 13.2. The first-order chi connectivity index (χ1) is 17.5. The number of hydrogen-bond acceptors (Lipinski definition) is 5. The molecule has 2 aromatic rings. The van der Waals surface area contributed by atoms with Gasteiger partial charge in [-0.1, -0.05) is 74.5 Å². The summed E-state index contributed by atoms with van der Waals surface area (Å²) < 4.78 is 5.41. The molecule has 1 radical (unpaired) electrons. The molecule has 0 spiro atoms. The van der Waals surface area contributed by atoms with Crippen LogP contribution in [-0.4, -0.2) is 58.8 Å². The molecule has 3 atom stereocenters. The van der Waals surface area contributed by atoms with Crippen LogP contribution in [0.2, 0.25) is 0 Å². The average Bonchev–Trinajstić information content (AvgIpc) is 2.82. The Bertz CT molecular complexity index is 976. The van der Waals surface area contributed by atoms with Crippen molar-refractivity contribution in [3.63, 3.8) is 0 Å². The minimum Gasteiger partial charge on any atom is -0.444 e. The van der Waals surface area contributed by atoms with E-state index in [4.69, 9.17) is 4.74 Å². The Morgan fingerprint density at radius 2 is 1.54 bits per heavy atom. The predicted molar refractivity (Wildman–Crippen MR) is 144 cm³/mol. The van der Waals surface area contributed by atoms with E-state index in [1.54, 1.807) is 20.8 Å². The van der Waals surface area contributed by atoms with E-state index in [0.29, 0.717) is 12.8 Å². The molecule has 0 saturated carbocycles. The van der Waals surface area contributed by atoms with Crippen molar-refractivity contribution in [1.82, 2.24) is 15.5 Å². The van der Waals surface area contributed by atoms with Gasteiger partial charge in [-0.25, -0.2) is 9.59 Å². The van der Waals surface area contributed by atoms with Crippen LogP contribution in [0.25, 0.3) is 0 Å². The molecule has 8 nitrogen and oxygen atoms in total. The summed E-state index contributed by atoms with van der Waals surface area (Å²) in [6.07, 6.45) is 0.907. The molecular weight excluding hydrogens is 470 g/mol. The Morgan fingerprint density at radius 3 is 2.05 bits per heavy atom. The largest absolute Gasteiger partial charge is 0.444 e. The second-order valence-corrected chi connectivity index (χ2v) is 10.6. The smallest absolute Gasteiger partial charge is 0.407 e. The van der Waals surface area contributed by atoms with Gasteiger partial charge in [0, 0.05) is 6.54 Å². The number of ether oxygens (including phenoxy) is 1. The van der Waals surface area contributed by atoms with Crippen LogP contribution in [0.1, 0.15) is 52.2 Å². The zero-order valence-electron chi connectivity index (χ0n) is 22.4. The van der Waals surface area contributed by atoms with Crippen LogP contribution in [0.3, 0.4) is 0 Å². The molecule has 0 aliphatic rings. The Balaban J connectivity index is 2.25. The second kappa shape index (κ2) is 14.4. The Kier molecular flexibility index (Phi) is 11.6. The van der Waals surface area contributed by atoms with Crippen molar-refractivity contribution in [2.24, 2.45) is 5.92 Å². The minimum atomic E-state index is -1.12. The fourth-order valence-electron chi connectivity index (χ4n) is 3.83. The number of aliphatic hydroxyl groups excluding tert-OH is 1. The van der Waals surface area contributed by atoms with Crippen LogP contribution in [-0.2, 0) is 22.5 Å². The van der Waals surface area contributed by atoms with Crippen molar-refractivity contribution < 1.29 is 24.2 Å². The molecule has 0 bridgehead atoms. The monoisotopic (exact) mass is 510 g/mol. The van der Waals surface area contributed by atoms with Gasteiger partial charge in [-0.3, -0.25) is 4.79 Å². The topological polar surface area (TPSA) is 108 Å². The highest BCUT2D eigenvalue weighted by Crippen LogP contribution is 2.14. The molecule has 0 heterocycles. The highest BCUT2D eigenvalue weighted by atomic mass is 16.6. The summed E-state index contributed by atoms with van der Waals surface area (Å²) in [4.78, 5) is 38.7. The lowest BCUT2D eigenvalue weighted by molar-refractivity contribution is 0.0383. The molecule has 3 N–H and O–H groups in total. The molecule has 2 unspecified atom stereocenters. The third-order valence-corrected chi connectivity index (χ3v) is 5.52. The maximum Gasteiger partial charge on any atom is 0.407 e. The summed E-state index contributed by atoms with van der Waals surface area (Å²) in [5.74, 6) is 0.188. The van der Waals surface area contributed by atoms with Gasteiger partial charge in [0.2, 0.25) is 6.29 Å². The number of nitrogens with zero attached hydrogens (tertiary/aromatic N) is 1. The van der Waals surface area contributed by atoms with Crippen LogP contribution in [0.15, 0.2) is 60.7 Å². The van der Waals surface area contributed by atoms with Crippen LogP contribution in [0.4, 0.5) is 9.59 Å².